The Bertz CT molecular complexity index is 596. The standard InChI is InChI=1S/C13H12N2O4/c1-8-11(12(17)18)6-14-13(15-8)19-10-4-2-9(7-16)3-5-10/h2-6,16H,7H2,1H3,(H,17,18). The van der Waals surface area contributed by atoms with Crippen molar-refractivity contribution in [3.63, 3.8) is 0 Å². The summed E-state index contributed by atoms with van der Waals surface area (Å²) in [6, 6.07) is 6.87. The third-order valence-electron chi connectivity index (χ3n) is 2.50. The van der Waals surface area contributed by atoms with Crippen molar-refractivity contribution >= 4 is 5.97 Å². The van der Waals surface area contributed by atoms with E-state index in [0.717, 1.165) is 5.56 Å². The lowest BCUT2D eigenvalue weighted by Gasteiger charge is -2.06. The van der Waals surface area contributed by atoms with Crippen molar-refractivity contribution in [1.82, 2.24) is 9.97 Å². The number of aryl methyl sites for hydroxylation is 1. The van der Waals surface area contributed by atoms with E-state index >= 15 is 0 Å². The molecule has 2 aromatic rings. The summed E-state index contributed by atoms with van der Waals surface area (Å²) >= 11 is 0. The van der Waals surface area contributed by atoms with E-state index in [1.807, 2.05) is 0 Å². The van der Waals surface area contributed by atoms with Gasteiger partial charge in [0.25, 0.3) is 0 Å². The SMILES string of the molecule is Cc1nc(Oc2ccc(CO)cc2)ncc1C(=O)O. The summed E-state index contributed by atoms with van der Waals surface area (Å²) in [5.74, 6) is -0.559. The molecule has 0 aliphatic heterocycles. The van der Waals surface area contributed by atoms with Crippen molar-refractivity contribution in [3.8, 4) is 11.8 Å². The van der Waals surface area contributed by atoms with Crippen LogP contribution in [-0.4, -0.2) is 26.2 Å². The van der Waals surface area contributed by atoms with Crippen LogP contribution < -0.4 is 4.74 Å². The Morgan fingerprint density at radius 3 is 2.53 bits per heavy atom. The van der Waals surface area contributed by atoms with Crippen molar-refractivity contribution < 1.29 is 19.7 Å². The molecule has 0 aliphatic rings. The van der Waals surface area contributed by atoms with Crippen LogP contribution in [0.3, 0.4) is 0 Å². The van der Waals surface area contributed by atoms with Gasteiger partial charge in [-0.25, -0.2) is 9.78 Å². The number of hydrogen-bond donors (Lipinski definition) is 2. The molecule has 0 bridgehead atoms. The summed E-state index contributed by atoms with van der Waals surface area (Å²) < 4.78 is 5.40. The molecule has 0 unspecified atom stereocenters. The van der Waals surface area contributed by atoms with Crippen LogP contribution in [0.1, 0.15) is 21.6 Å². The Morgan fingerprint density at radius 2 is 2.00 bits per heavy atom. The fourth-order valence-electron chi connectivity index (χ4n) is 1.47. The second-order valence-electron chi connectivity index (χ2n) is 3.86. The third-order valence-corrected chi connectivity index (χ3v) is 2.50. The Kier molecular flexibility index (Phi) is 3.72. The number of carbonyl (C=O) groups is 1. The van der Waals surface area contributed by atoms with Crippen LogP contribution in [-0.2, 0) is 6.61 Å². The molecule has 1 heterocycles. The highest BCUT2D eigenvalue weighted by Gasteiger charge is 2.10. The molecule has 0 radical (unpaired) electrons. The maximum absolute atomic E-state index is 10.8. The van der Waals surface area contributed by atoms with Gasteiger partial charge < -0.3 is 14.9 Å². The first kappa shape index (κ1) is 13.0. The van der Waals surface area contributed by atoms with Gasteiger partial charge in [0.05, 0.1) is 17.9 Å². The number of benzene rings is 1. The lowest BCUT2D eigenvalue weighted by Crippen LogP contribution is -2.04. The minimum atomic E-state index is -1.07. The summed E-state index contributed by atoms with van der Waals surface area (Å²) in [7, 11) is 0. The maximum atomic E-state index is 10.8. The average molecular weight is 260 g/mol. The predicted molar refractivity (Wildman–Crippen MR) is 66.2 cm³/mol. The van der Waals surface area contributed by atoms with E-state index in [-0.39, 0.29) is 18.2 Å². The van der Waals surface area contributed by atoms with E-state index in [4.69, 9.17) is 14.9 Å². The highest BCUT2D eigenvalue weighted by atomic mass is 16.5. The predicted octanol–water partition coefficient (Wildman–Crippen LogP) is 1.77. The molecule has 1 aromatic carbocycles. The minimum Gasteiger partial charge on any atom is -0.478 e. The molecule has 1 aromatic heterocycles. The average Bonchev–Trinajstić information content (AvgIpc) is 2.39. The first-order chi connectivity index (χ1) is 9.10. The molecule has 6 nitrogen and oxygen atoms in total. The van der Waals surface area contributed by atoms with Crippen molar-refractivity contribution in [2.24, 2.45) is 0 Å². The normalized spacial score (nSPS) is 10.2. The first-order valence-corrected chi connectivity index (χ1v) is 5.54. The molecule has 0 fully saturated rings. The molecule has 0 amide bonds. The summed E-state index contributed by atoms with van der Waals surface area (Å²) in [6.45, 7) is 1.54. The third kappa shape index (κ3) is 3.05. The van der Waals surface area contributed by atoms with Crippen molar-refractivity contribution in [2.45, 2.75) is 13.5 Å². The molecule has 2 N–H and O–H groups in total. The van der Waals surface area contributed by atoms with Gasteiger partial charge in [-0.1, -0.05) is 12.1 Å². The van der Waals surface area contributed by atoms with Crippen LogP contribution in [0.4, 0.5) is 0 Å². The number of nitrogens with zero attached hydrogens (tertiary/aromatic N) is 2. The Labute approximate surface area is 109 Å². The van der Waals surface area contributed by atoms with Gasteiger partial charge in [-0.3, -0.25) is 0 Å². The quantitative estimate of drug-likeness (QED) is 0.870. The number of aliphatic hydroxyl groups excluding tert-OH is 1. The van der Waals surface area contributed by atoms with Gasteiger partial charge in [0.1, 0.15) is 5.75 Å². The Hall–Kier alpha value is -2.47. The monoisotopic (exact) mass is 260 g/mol. The second kappa shape index (κ2) is 5.45. The summed E-state index contributed by atoms with van der Waals surface area (Å²) in [6.07, 6.45) is 1.21. The number of rotatable bonds is 4. The highest BCUT2D eigenvalue weighted by Crippen LogP contribution is 2.19. The van der Waals surface area contributed by atoms with E-state index in [9.17, 15) is 4.79 Å². The van der Waals surface area contributed by atoms with E-state index in [0.29, 0.717) is 11.4 Å². The molecule has 6 heteroatoms. The van der Waals surface area contributed by atoms with E-state index in [2.05, 4.69) is 9.97 Å². The molecule has 0 spiro atoms. The minimum absolute atomic E-state index is 0.0385. The van der Waals surface area contributed by atoms with E-state index in [1.165, 1.54) is 6.20 Å². The lowest BCUT2D eigenvalue weighted by atomic mass is 10.2. The molecular formula is C13H12N2O4. The zero-order valence-electron chi connectivity index (χ0n) is 10.2. The fraction of sp³-hybridized carbons (Fsp3) is 0.154. The topological polar surface area (TPSA) is 92.5 Å². The maximum Gasteiger partial charge on any atom is 0.339 e. The van der Waals surface area contributed by atoms with Crippen molar-refractivity contribution in [3.05, 3.63) is 47.3 Å². The van der Waals surface area contributed by atoms with Gasteiger partial charge in [0.2, 0.25) is 0 Å². The van der Waals surface area contributed by atoms with Gasteiger partial charge in [0.15, 0.2) is 0 Å². The van der Waals surface area contributed by atoms with Crippen LogP contribution in [0.25, 0.3) is 0 Å². The number of aromatic nitrogens is 2. The molecule has 19 heavy (non-hydrogen) atoms. The summed E-state index contributed by atoms with van der Waals surface area (Å²) in [4.78, 5) is 18.6. The zero-order chi connectivity index (χ0) is 13.8. The van der Waals surface area contributed by atoms with E-state index < -0.39 is 5.97 Å². The molecule has 0 atom stereocenters. The number of ether oxygens (including phenoxy) is 1. The molecule has 0 saturated heterocycles. The van der Waals surface area contributed by atoms with E-state index in [1.54, 1.807) is 31.2 Å². The van der Waals surface area contributed by atoms with Gasteiger partial charge in [-0.2, -0.15) is 4.98 Å². The van der Waals surface area contributed by atoms with Gasteiger partial charge >= 0.3 is 12.0 Å². The van der Waals surface area contributed by atoms with Gasteiger partial charge in [0, 0.05) is 6.20 Å². The van der Waals surface area contributed by atoms with Crippen LogP contribution in [0.5, 0.6) is 11.8 Å². The molecular weight excluding hydrogens is 248 g/mol. The number of aromatic carboxylic acids is 1. The van der Waals surface area contributed by atoms with Gasteiger partial charge in [-0.15, -0.1) is 0 Å². The number of aliphatic hydroxyl groups is 1. The smallest absolute Gasteiger partial charge is 0.339 e. The van der Waals surface area contributed by atoms with Crippen LogP contribution in [0.2, 0.25) is 0 Å². The zero-order valence-corrected chi connectivity index (χ0v) is 10.2. The van der Waals surface area contributed by atoms with Crippen LogP contribution in [0, 0.1) is 6.92 Å². The summed E-state index contributed by atoms with van der Waals surface area (Å²) in [5.41, 5.74) is 1.15. The summed E-state index contributed by atoms with van der Waals surface area (Å²) in [5, 5.41) is 17.8. The van der Waals surface area contributed by atoms with Crippen molar-refractivity contribution in [2.75, 3.05) is 0 Å². The highest BCUT2D eigenvalue weighted by molar-refractivity contribution is 5.88. The molecule has 98 valence electrons. The second-order valence-corrected chi connectivity index (χ2v) is 3.86. The number of carboxylic acid groups (broad SMARTS) is 1. The molecule has 2 rings (SSSR count). The van der Waals surface area contributed by atoms with Crippen LogP contribution in [0.15, 0.2) is 30.5 Å². The largest absolute Gasteiger partial charge is 0.478 e. The van der Waals surface area contributed by atoms with Crippen LogP contribution >= 0.6 is 0 Å². The van der Waals surface area contributed by atoms with Crippen molar-refractivity contribution in [1.29, 1.82) is 0 Å². The first-order valence-electron chi connectivity index (χ1n) is 5.54. The number of carboxylic acids is 1. The fourth-order valence-corrected chi connectivity index (χ4v) is 1.47. The molecule has 0 aliphatic carbocycles. The Morgan fingerprint density at radius 1 is 1.32 bits per heavy atom. The Balaban J connectivity index is 2.18. The number of hydrogen-bond acceptors (Lipinski definition) is 5. The molecule has 0 saturated carbocycles. The van der Waals surface area contributed by atoms with Gasteiger partial charge in [-0.05, 0) is 24.6 Å². The lowest BCUT2D eigenvalue weighted by molar-refractivity contribution is 0.0695.